The highest BCUT2D eigenvalue weighted by molar-refractivity contribution is 5.82. The van der Waals surface area contributed by atoms with E-state index in [0.29, 0.717) is 13.2 Å². The van der Waals surface area contributed by atoms with E-state index < -0.39 is 0 Å². The Hall–Kier alpha value is -1.46. The number of rotatable bonds is 2. The minimum absolute atomic E-state index is 0.0392. The molecule has 2 aliphatic heterocycles. The lowest BCUT2D eigenvalue weighted by molar-refractivity contribution is -0.149. The van der Waals surface area contributed by atoms with Gasteiger partial charge in [0.1, 0.15) is 11.9 Å². The zero-order valence-corrected chi connectivity index (χ0v) is 12.1. The Bertz CT molecular complexity index is 486. The molecule has 0 aliphatic carbocycles. The van der Waals surface area contributed by atoms with E-state index in [9.17, 15) is 9.18 Å². The van der Waals surface area contributed by atoms with Gasteiger partial charge in [0.05, 0.1) is 12.6 Å². The van der Waals surface area contributed by atoms with Gasteiger partial charge in [0, 0.05) is 19.6 Å². The fraction of sp³-hybridized carbons (Fsp3) is 0.562. The number of ether oxygens (including phenoxy) is 1. The summed E-state index contributed by atoms with van der Waals surface area (Å²) in [5, 5.41) is 3.19. The molecule has 2 fully saturated rings. The molecule has 1 N–H and O–H groups in total. The SMILES string of the molecule is O=C(C1CNCCO1)N1CCCCC1c1ccc(F)cc1. The van der Waals surface area contributed by atoms with Crippen molar-refractivity contribution in [3.63, 3.8) is 0 Å². The van der Waals surface area contributed by atoms with Gasteiger partial charge in [-0.15, -0.1) is 0 Å². The molecule has 0 aromatic heterocycles. The van der Waals surface area contributed by atoms with Crippen molar-refractivity contribution in [3.05, 3.63) is 35.6 Å². The molecule has 1 aromatic carbocycles. The monoisotopic (exact) mass is 292 g/mol. The van der Waals surface area contributed by atoms with Crippen molar-refractivity contribution in [2.24, 2.45) is 0 Å². The van der Waals surface area contributed by atoms with Crippen LogP contribution in [0.4, 0.5) is 4.39 Å². The molecule has 0 bridgehead atoms. The largest absolute Gasteiger partial charge is 0.366 e. The van der Waals surface area contributed by atoms with Gasteiger partial charge < -0.3 is 15.0 Å². The Morgan fingerprint density at radius 3 is 2.81 bits per heavy atom. The zero-order valence-electron chi connectivity index (χ0n) is 12.1. The van der Waals surface area contributed by atoms with Gasteiger partial charge in [-0.25, -0.2) is 4.39 Å². The van der Waals surface area contributed by atoms with E-state index in [1.807, 2.05) is 4.90 Å². The first-order valence-electron chi connectivity index (χ1n) is 7.64. The molecule has 21 heavy (non-hydrogen) atoms. The summed E-state index contributed by atoms with van der Waals surface area (Å²) in [6, 6.07) is 6.53. The van der Waals surface area contributed by atoms with Gasteiger partial charge in [0.25, 0.3) is 5.91 Å². The molecule has 1 amide bonds. The fourth-order valence-corrected chi connectivity index (χ4v) is 3.14. The minimum Gasteiger partial charge on any atom is -0.366 e. The number of amides is 1. The summed E-state index contributed by atoms with van der Waals surface area (Å²) in [6.45, 7) is 2.70. The molecule has 4 nitrogen and oxygen atoms in total. The topological polar surface area (TPSA) is 41.6 Å². The highest BCUT2D eigenvalue weighted by atomic mass is 19.1. The number of nitrogens with one attached hydrogen (secondary N) is 1. The Balaban J connectivity index is 1.77. The van der Waals surface area contributed by atoms with Crippen LogP contribution in [0.15, 0.2) is 24.3 Å². The van der Waals surface area contributed by atoms with Gasteiger partial charge >= 0.3 is 0 Å². The predicted molar refractivity (Wildman–Crippen MR) is 77.3 cm³/mol. The maximum absolute atomic E-state index is 13.1. The molecule has 1 aromatic rings. The molecule has 5 heteroatoms. The average Bonchev–Trinajstić information content (AvgIpc) is 2.56. The maximum atomic E-state index is 13.1. The van der Waals surface area contributed by atoms with Crippen molar-refractivity contribution >= 4 is 5.91 Å². The van der Waals surface area contributed by atoms with Crippen LogP contribution in [-0.4, -0.2) is 43.2 Å². The van der Waals surface area contributed by atoms with Crippen molar-refractivity contribution < 1.29 is 13.9 Å². The second kappa shape index (κ2) is 6.54. The zero-order chi connectivity index (χ0) is 14.7. The third-order valence-electron chi connectivity index (χ3n) is 4.24. The molecule has 0 spiro atoms. The normalized spacial score (nSPS) is 26.6. The van der Waals surface area contributed by atoms with Gasteiger partial charge in [0.15, 0.2) is 0 Å². The Morgan fingerprint density at radius 2 is 2.10 bits per heavy atom. The van der Waals surface area contributed by atoms with Crippen molar-refractivity contribution in [1.82, 2.24) is 10.2 Å². The highest BCUT2D eigenvalue weighted by Crippen LogP contribution is 2.31. The van der Waals surface area contributed by atoms with E-state index >= 15 is 0 Å². The van der Waals surface area contributed by atoms with Crippen LogP contribution in [0.3, 0.4) is 0 Å². The quantitative estimate of drug-likeness (QED) is 0.905. The van der Waals surface area contributed by atoms with Crippen molar-refractivity contribution in [3.8, 4) is 0 Å². The lowest BCUT2D eigenvalue weighted by Crippen LogP contribution is -2.51. The summed E-state index contributed by atoms with van der Waals surface area (Å²) in [5.41, 5.74) is 1.01. The molecule has 2 unspecified atom stereocenters. The van der Waals surface area contributed by atoms with E-state index in [-0.39, 0.29) is 23.9 Å². The molecule has 2 aliphatic rings. The van der Waals surface area contributed by atoms with E-state index in [1.54, 1.807) is 12.1 Å². The summed E-state index contributed by atoms with van der Waals surface area (Å²) in [7, 11) is 0. The van der Waals surface area contributed by atoms with Crippen molar-refractivity contribution in [2.75, 3.05) is 26.2 Å². The lowest BCUT2D eigenvalue weighted by atomic mass is 9.94. The third-order valence-corrected chi connectivity index (χ3v) is 4.24. The van der Waals surface area contributed by atoms with Gasteiger partial charge in [0.2, 0.25) is 0 Å². The number of piperidine rings is 1. The van der Waals surface area contributed by atoms with Gasteiger partial charge in [-0.2, -0.15) is 0 Å². The van der Waals surface area contributed by atoms with Gasteiger partial charge in [-0.1, -0.05) is 12.1 Å². The molecule has 2 heterocycles. The predicted octanol–water partition coefficient (Wildman–Crippen LogP) is 1.87. The number of carbonyl (C=O) groups is 1. The summed E-state index contributed by atoms with van der Waals surface area (Å²) in [6.07, 6.45) is 2.65. The Labute approximate surface area is 124 Å². The number of carbonyl (C=O) groups excluding carboxylic acids is 1. The second-order valence-corrected chi connectivity index (χ2v) is 5.66. The summed E-state index contributed by atoms with van der Waals surface area (Å²) < 4.78 is 18.7. The van der Waals surface area contributed by atoms with E-state index in [1.165, 1.54) is 12.1 Å². The molecule has 0 radical (unpaired) electrons. The first-order valence-corrected chi connectivity index (χ1v) is 7.64. The van der Waals surface area contributed by atoms with Crippen LogP contribution in [0, 0.1) is 5.82 Å². The first kappa shape index (κ1) is 14.5. The van der Waals surface area contributed by atoms with Crippen LogP contribution in [0.5, 0.6) is 0 Å². The standard InChI is InChI=1S/C16H21FN2O2/c17-13-6-4-12(5-7-13)14-3-1-2-9-19(14)16(20)15-11-18-8-10-21-15/h4-7,14-15,18H,1-3,8-11H2. The minimum atomic E-state index is -0.389. The maximum Gasteiger partial charge on any atom is 0.253 e. The molecule has 2 saturated heterocycles. The number of morpholine rings is 1. The fourth-order valence-electron chi connectivity index (χ4n) is 3.14. The number of hydrogen-bond donors (Lipinski definition) is 1. The highest BCUT2D eigenvalue weighted by Gasteiger charge is 2.33. The molecule has 2 atom stereocenters. The molecule has 3 rings (SSSR count). The van der Waals surface area contributed by atoms with Crippen LogP contribution < -0.4 is 5.32 Å². The van der Waals surface area contributed by atoms with Crippen LogP contribution in [0.1, 0.15) is 30.9 Å². The summed E-state index contributed by atoms with van der Waals surface area (Å²) in [5.74, 6) is -0.191. The van der Waals surface area contributed by atoms with Gasteiger partial charge in [-0.3, -0.25) is 4.79 Å². The first-order chi connectivity index (χ1) is 10.3. The number of likely N-dealkylation sites (tertiary alicyclic amines) is 1. The van der Waals surface area contributed by atoms with E-state index in [2.05, 4.69) is 5.32 Å². The second-order valence-electron chi connectivity index (χ2n) is 5.66. The van der Waals surface area contributed by atoms with Crippen molar-refractivity contribution in [2.45, 2.75) is 31.4 Å². The average molecular weight is 292 g/mol. The number of hydrogen-bond acceptors (Lipinski definition) is 3. The van der Waals surface area contributed by atoms with Crippen molar-refractivity contribution in [1.29, 1.82) is 0 Å². The number of benzene rings is 1. The number of nitrogens with zero attached hydrogens (tertiary/aromatic N) is 1. The molecular weight excluding hydrogens is 271 g/mol. The Morgan fingerprint density at radius 1 is 1.29 bits per heavy atom. The van der Waals surface area contributed by atoms with Crippen LogP contribution in [0.25, 0.3) is 0 Å². The number of halogens is 1. The van der Waals surface area contributed by atoms with Crippen LogP contribution in [-0.2, 0) is 9.53 Å². The molecule has 0 saturated carbocycles. The third kappa shape index (κ3) is 3.24. The summed E-state index contributed by atoms with van der Waals surface area (Å²) >= 11 is 0. The molecular formula is C16H21FN2O2. The van der Waals surface area contributed by atoms with Gasteiger partial charge in [-0.05, 0) is 37.0 Å². The van der Waals surface area contributed by atoms with Crippen LogP contribution in [0.2, 0.25) is 0 Å². The van der Waals surface area contributed by atoms with E-state index in [0.717, 1.165) is 37.9 Å². The Kier molecular flexibility index (Phi) is 4.51. The lowest BCUT2D eigenvalue weighted by Gasteiger charge is -2.38. The van der Waals surface area contributed by atoms with E-state index in [4.69, 9.17) is 4.74 Å². The molecule has 114 valence electrons. The van der Waals surface area contributed by atoms with Crippen LogP contribution >= 0.6 is 0 Å². The smallest absolute Gasteiger partial charge is 0.253 e. The summed E-state index contributed by atoms with van der Waals surface area (Å²) in [4.78, 5) is 14.6.